The van der Waals surface area contributed by atoms with Gasteiger partial charge >= 0.3 is 5.76 Å². The van der Waals surface area contributed by atoms with Crippen molar-refractivity contribution in [2.24, 2.45) is 0 Å². The summed E-state index contributed by atoms with van der Waals surface area (Å²) in [4.78, 5) is 43.2. The number of methoxy groups -OCH3 is 3. The van der Waals surface area contributed by atoms with Crippen molar-refractivity contribution in [2.45, 2.75) is 25.8 Å². The van der Waals surface area contributed by atoms with Crippen LogP contribution in [0.25, 0.3) is 22.0 Å². The SMILES string of the molecule is COc1cc2cc(C(=O)Nc3ccc4oc(=O)n(CC(=O)N5CCCCC5)c4c3)[nH]c2c(OC)c1OC. The summed E-state index contributed by atoms with van der Waals surface area (Å²) >= 11 is 0. The van der Waals surface area contributed by atoms with Crippen LogP contribution in [0.5, 0.6) is 17.2 Å². The number of ether oxygens (including phenoxy) is 3. The fraction of sp³-hybridized carbons (Fsp3) is 0.346. The molecule has 0 unspecified atom stereocenters. The Hall–Kier alpha value is -4.41. The van der Waals surface area contributed by atoms with E-state index in [4.69, 9.17) is 18.6 Å². The van der Waals surface area contributed by atoms with E-state index >= 15 is 0 Å². The summed E-state index contributed by atoms with van der Waals surface area (Å²) < 4.78 is 22.9. The minimum Gasteiger partial charge on any atom is -0.493 e. The smallest absolute Gasteiger partial charge is 0.420 e. The van der Waals surface area contributed by atoms with Gasteiger partial charge in [-0.2, -0.15) is 0 Å². The number of hydrogen-bond acceptors (Lipinski definition) is 7. The van der Waals surface area contributed by atoms with Gasteiger partial charge in [0.1, 0.15) is 12.2 Å². The number of nitrogens with one attached hydrogen (secondary N) is 2. The molecule has 0 spiro atoms. The molecule has 11 nitrogen and oxygen atoms in total. The van der Waals surface area contributed by atoms with E-state index in [0.29, 0.717) is 58.0 Å². The van der Waals surface area contributed by atoms with Gasteiger partial charge < -0.3 is 33.8 Å². The predicted molar refractivity (Wildman–Crippen MR) is 137 cm³/mol. The van der Waals surface area contributed by atoms with E-state index < -0.39 is 11.7 Å². The molecule has 2 N–H and O–H groups in total. The quantitative estimate of drug-likeness (QED) is 0.392. The van der Waals surface area contributed by atoms with Crippen LogP contribution in [0, 0.1) is 0 Å². The van der Waals surface area contributed by atoms with Crippen LogP contribution in [-0.4, -0.2) is 60.7 Å². The first kappa shape index (κ1) is 24.3. The molecule has 0 radical (unpaired) electrons. The highest BCUT2D eigenvalue weighted by molar-refractivity contribution is 6.07. The maximum atomic E-state index is 13.1. The molecule has 1 fully saturated rings. The Morgan fingerprint density at radius 2 is 1.76 bits per heavy atom. The molecule has 194 valence electrons. The topological polar surface area (TPSA) is 128 Å². The Labute approximate surface area is 211 Å². The second-order valence-electron chi connectivity index (χ2n) is 8.82. The molecule has 11 heteroatoms. The molecule has 3 heterocycles. The molecule has 1 saturated heterocycles. The van der Waals surface area contributed by atoms with Crippen molar-refractivity contribution in [3.8, 4) is 17.2 Å². The van der Waals surface area contributed by atoms with E-state index in [1.807, 2.05) is 0 Å². The van der Waals surface area contributed by atoms with Gasteiger partial charge in [0.2, 0.25) is 11.7 Å². The molecule has 5 rings (SSSR count). The van der Waals surface area contributed by atoms with Crippen LogP contribution in [0.1, 0.15) is 29.8 Å². The first-order chi connectivity index (χ1) is 17.9. The first-order valence-corrected chi connectivity index (χ1v) is 12.0. The molecule has 2 amide bonds. The Balaban J connectivity index is 1.42. The first-order valence-electron chi connectivity index (χ1n) is 12.0. The lowest BCUT2D eigenvalue weighted by Gasteiger charge is -2.26. The zero-order valence-corrected chi connectivity index (χ0v) is 20.9. The largest absolute Gasteiger partial charge is 0.493 e. The monoisotopic (exact) mass is 508 g/mol. The van der Waals surface area contributed by atoms with Crippen LogP contribution in [0.3, 0.4) is 0 Å². The van der Waals surface area contributed by atoms with Gasteiger partial charge in [-0.25, -0.2) is 4.79 Å². The molecular weight excluding hydrogens is 480 g/mol. The normalized spacial score (nSPS) is 13.6. The van der Waals surface area contributed by atoms with Crippen LogP contribution in [0.4, 0.5) is 5.69 Å². The predicted octanol–water partition coefficient (Wildman–Crippen LogP) is 3.37. The number of piperidine rings is 1. The third-order valence-electron chi connectivity index (χ3n) is 6.59. The van der Waals surface area contributed by atoms with Gasteiger partial charge in [0.15, 0.2) is 17.1 Å². The van der Waals surface area contributed by atoms with Crippen molar-refractivity contribution < 1.29 is 28.2 Å². The Morgan fingerprint density at radius 1 is 1.00 bits per heavy atom. The van der Waals surface area contributed by atoms with Crippen molar-refractivity contribution in [1.82, 2.24) is 14.5 Å². The van der Waals surface area contributed by atoms with Crippen LogP contribution in [-0.2, 0) is 11.3 Å². The number of fused-ring (bicyclic) bond motifs is 2. The Kier molecular flexibility index (Phi) is 6.51. The molecule has 0 saturated carbocycles. The average Bonchev–Trinajstić information content (AvgIpc) is 3.48. The number of aromatic amines is 1. The fourth-order valence-corrected chi connectivity index (χ4v) is 4.73. The number of carbonyl (C=O) groups excluding carboxylic acids is 2. The molecule has 4 aromatic rings. The number of likely N-dealkylation sites (tertiary alicyclic amines) is 1. The molecule has 37 heavy (non-hydrogen) atoms. The van der Waals surface area contributed by atoms with Crippen LogP contribution >= 0.6 is 0 Å². The zero-order chi connectivity index (χ0) is 26.1. The van der Waals surface area contributed by atoms with Gasteiger partial charge in [-0.1, -0.05) is 0 Å². The molecule has 0 bridgehead atoms. The summed E-state index contributed by atoms with van der Waals surface area (Å²) in [7, 11) is 4.54. The molecule has 2 aromatic carbocycles. The molecular formula is C26H28N4O7. The zero-order valence-electron chi connectivity index (χ0n) is 20.9. The van der Waals surface area contributed by atoms with Crippen molar-refractivity contribution in [3.63, 3.8) is 0 Å². The summed E-state index contributed by atoms with van der Waals surface area (Å²) in [6, 6.07) is 8.28. The highest BCUT2D eigenvalue weighted by atomic mass is 16.5. The number of aromatic nitrogens is 2. The minimum atomic E-state index is -0.616. The van der Waals surface area contributed by atoms with Crippen molar-refractivity contribution in [3.05, 3.63) is 46.6 Å². The van der Waals surface area contributed by atoms with E-state index in [9.17, 15) is 14.4 Å². The number of hydrogen-bond donors (Lipinski definition) is 2. The van der Waals surface area contributed by atoms with Crippen LogP contribution in [0.2, 0.25) is 0 Å². The van der Waals surface area contributed by atoms with E-state index in [1.54, 1.807) is 35.2 Å². The van der Waals surface area contributed by atoms with E-state index in [2.05, 4.69) is 10.3 Å². The second-order valence-corrected chi connectivity index (χ2v) is 8.82. The molecule has 0 atom stereocenters. The lowest BCUT2D eigenvalue weighted by atomic mass is 10.1. The maximum absolute atomic E-state index is 13.1. The molecule has 0 aliphatic carbocycles. The van der Waals surface area contributed by atoms with Crippen LogP contribution in [0.15, 0.2) is 39.5 Å². The van der Waals surface area contributed by atoms with Gasteiger partial charge in [-0.15, -0.1) is 0 Å². The number of oxazole rings is 1. The Bertz CT molecular complexity index is 1540. The number of rotatable bonds is 7. The lowest BCUT2D eigenvalue weighted by Crippen LogP contribution is -2.39. The third-order valence-corrected chi connectivity index (χ3v) is 6.59. The van der Waals surface area contributed by atoms with E-state index in [1.165, 1.54) is 25.9 Å². The molecule has 2 aromatic heterocycles. The number of anilines is 1. The summed E-state index contributed by atoms with van der Waals surface area (Å²) in [5, 5.41) is 3.54. The summed E-state index contributed by atoms with van der Waals surface area (Å²) in [5.74, 6) is 0.149. The average molecular weight is 509 g/mol. The van der Waals surface area contributed by atoms with Gasteiger partial charge in [-0.05, 0) is 49.6 Å². The fourth-order valence-electron chi connectivity index (χ4n) is 4.73. The number of amides is 2. The lowest BCUT2D eigenvalue weighted by molar-refractivity contribution is -0.132. The molecule has 1 aliphatic rings. The van der Waals surface area contributed by atoms with Crippen molar-refractivity contribution in [2.75, 3.05) is 39.7 Å². The second kappa shape index (κ2) is 9.92. The minimum absolute atomic E-state index is 0.116. The number of benzene rings is 2. The standard InChI is InChI=1S/C26H28N4O7/c1-34-20-12-15-11-17(28-22(15)24(36-3)23(20)35-2)25(32)27-16-7-8-19-18(13-16)30(26(33)37-19)14-21(31)29-9-5-4-6-10-29/h7-8,11-13,28H,4-6,9-10,14H2,1-3H3,(H,27,32). The summed E-state index contributed by atoms with van der Waals surface area (Å²) in [6.45, 7) is 1.27. The van der Waals surface area contributed by atoms with Gasteiger partial charge in [0.05, 0.1) is 32.4 Å². The molecule has 1 aliphatic heterocycles. The van der Waals surface area contributed by atoms with Crippen LogP contribution < -0.4 is 25.3 Å². The highest BCUT2D eigenvalue weighted by Crippen LogP contribution is 2.43. The highest BCUT2D eigenvalue weighted by Gasteiger charge is 2.22. The summed E-state index contributed by atoms with van der Waals surface area (Å²) in [6.07, 6.45) is 3.02. The Morgan fingerprint density at radius 3 is 2.46 bits per heavy atom. The van der Waals surface area contributed by atoms with E-state index in [0.717, 1.165) is 19.3 Å². The maximum Gasteiger partial charge on any atom is 0.420 e. The number of carbonyl (C=O) groups is 2. The van der Waals surface area contributed by atoms with E-state index in [-0.39, 0.29) is 18.1 Å². The van der Waals surface area contributed by atoms with Gasteiger partial charge in [0.25, 0.3) is 5.91 Å². The summed E-state index contributed by atoms with van der Waals surface area (Å²) in [5.41, 5.74) is 2.08. The third kappa shape index (κ3) is 4.48. The number of H-pyrrole nitrogens is 1. The van der Waals surface area contributed by atoms with Crippen molar-refractivity contribution in [1.29, 1.82) is 0 Å². The number of nitrogens with zero attached hydrogens (tertiary/aromatic N) is 2. The van der Waals surface area contributed by atoms with Gasteiger partial charge in [-0.3, -0.25) is 14.2 Å². The van der Waals surface area contributed by atoms with Gasteiger partial charge in [0, 0.05) is 24.2 Å². The van der Waals surface area contributed by atoms with Crippen molar-refractivity contribution >= 4 is 39.5 Å².